The number of aromatic amines is 1. The summed E-state index contributed by atoms with van der Waals surface area (Å²) in [5.41, 5.74) is 0.375. The van der Waals surface area contributed by atoms with Crippen LogP contribution in [0.2, 0.25) is 0 Å². The Bertz CT molecular complexity index is 1180. The van der Waals surface area contributed by atoms with E-state index in [-0.39, 0.29) is 30.9 Å². The zero-order valence-electron chi connectivity index (χ0n) is 14.7. The highest BCUT2D eigenvalue weighted by Crippen LogP contribution is 2.13. The number of hydrogen-bond acceptors (Lipinski definition) is 6. The molecule has 8 heteroatoms. The summed E-state index contributed by atoms with van der Waals surface area (Å²) in [6, 6.07) is 13.6. The summed E-state index contributed by atoms with van der Waals surface area (Å²) < 4.78 is 16.2. The van der Waals surface area contributed by atoms with Crippen molar-refractivity contribution < 1.29 is 19.0 Å². The number of ether oxygens (including phenoxy) is 3. The van der Waals surface area contributed by atoms with Gasteiger partial charge in [-0.05, 0) is 23.8 Å². The minimum Gasteiger partial charge on any atom is -0.461 e. The molecule has 0 saturated carbocycles. The Morgan fingerprint density at radius 3 is 2.71 bits per heavy atom. The highest BCUT2D eigenvalue weighted by Gasteiger charge is 2.15. The van der Waals surface area contributed by atoms with E-state index in [0.717, 1.165) is 10.1 Å². The Morgan fingerprint density at radius 2 is 1.96 bits per heavy atom. The van der Waals surface area contributed by atoms with Gasteiger partial charge in [-0.1, -0.05) is 30.3 Å². The smallest absolute Gasteiger partial charge is 0.338 e. The van der Waals surface area contributed by atoms with Gasteiger partial charge in [0.2, 0.25) is 6.79 Å². The van der Waals surface area contributed by atoms with Gasteiger partial charge in [0, 0.05) is 0 Å². The zero-order valence-corrected chi connectivity index (χ0v) is 14.7. The summed E-state index contributed by atoms with van der Waals surface area (Å²) in [6.07, 6.45) is 1.38. The van der Waals surface area contributed by atoms with Crippen molar-refractivity contribution >= 4 is 16.9 Å². The second-order valence-electron chi connectivity index (χ2n) is 6.16. The number of esters is 1. The maximum atomic E-state index is 12.8. The van der Waals surface area contributed by atoms with Crippen LogP contribution in [0.25, 0.3) is 10.9 Å². The monoisotopic (exact) mass is 380 g/mol. The second-order valence-corrected chi connectivity index (χ2v) is 6.16. The molecule has 4 rings (SSSR count). The molecule has 0 spiro atoms. The van der Waals surface area contributed by atoms with Gasteiger partial charge in [0.1, 0.15) is 6.26 Å². The number of fused-ring (bicyclic) bond motifs is 1. The predicted octanol–water partition coefficient (Wildman–Crippen LogP) is 1.74. The van der Waals surface area contributed by atoms with Crippen LogP contribution in [0.5, 0.6) is 0 Å². The van der Waals surface area contributed by atoms with Crippen LogP contribution in [-0.2, 0) is 20.8 Å². The molecule has 0 amide bonds. The molecule has 0 radical (unpaired) electrons. The van der Waals surface area contributed by atoms with Crippen LogP contribution in [0, 0.1) is 0 Å². The van der Waals surface area contributed by atoms with E-state index >= 15 is 0 Å². The minimum atomic E-state index is -0.612. The number of hydrogen-bond donors (Lipinski definition) is 1. The number of H-pyrrole nitrogens is 1. The summed E-state index contributed by atoms with van der Waals surface area (Å²) in [5, 5.41) is 0.227. The molecule has 0 aliphatic carbocycles. The summed E-state index contributed by atoms with van der Waals surface area (Å²) >= 11 is 0. The topological polar surface area (TPSA) is 99.6 Å². The Balaban J connectivity index is 1.65. The number of carbonyl (C=O) groups excluding carboxylic acids is 1. The second kappa shape index (κ2) is 7.43. The van der Waals surface area contributed by atoms with Crippen molar-refractivity contribution in [3.05, 3.63) is 92.5 Å². The first kappa shape index (κ1) is 17.6. The largest absolute Gasteiger partial charge is 0.461 e. The van der Waals surface area contributed by atoms with Crippen LogP contribution in [0.1, 0.15) is 15.9 Å². The van der Waals surface area contributed by atoms with Crippen LogP contribution in [0.4, 0.5) is 0 Å². The standard InChI is InChI=1S/C20H16N2O6/c23-18-16-8-14(19(24)27-11-15-10-26-12-28-15)6-7-17(16)21-20(25)22(18)9-13-4-2-1-3-5-13/h1-8,10H,9,11-12H2,(H,21,25). The summed E-state index contributed by atoms with van der Waals surface area (Å²) in [6.45, 7) is 0.156. The molecule has 0 unspecified atom stereocenters. The third-order valence-corrected chi connectivity index (χ3v) is 4.27. The van der Waals surface area contributed by atoms with E-state index in [1.165, 1.54) is 24.5 Å². The highest BCUT2D eigenvalue weighted by atomic mass is 16.7. The molecule has 0 saturated heterocycles. The van der Waals surface area contributed by atoms with E-state index < -0.39 is 17.2 Å². The fraction of sp³-hybridized carbons (Fsp3) is 0.150. The lowest BCUT2D eigenvalue weighted by atomic mass is 10.1. The van der Waals surface area contributed by atoms with Crippen LogP contribution >= 0.6 is 0 Å². The first-order chi connectivity index (χ1) is 13.6. The van der Waals surface area contributed by atoms with Crippen LogP contribution in [0.15, 0.2) is 70.1 Å². The Morgan fingerprint density at radius 1 is 1.14 bits per heavy atom. The first-order valence-electron chi connectivity index (χ1n) is 8.53. The highest BCUT2D eigenvalue weighted by molar-refractivity contribution is 5.94. The molecule has 8 nitrogen and oxygen atoms in total. The Kier molecular flexibility index (Phi) is 4.67. The van der Waals surface area contributed by atoms with Gasteiger partial charge in [0.15, 0.2) is 12.4 Å². The molecule has 28 heavy (non-hydrogen) atoms. The van der Waals surface area contributed by atoms with Crippen molar-refractivity contribution in [1.29, 1.82) is 0 Å². The summed E-state index contributed by atoms with van der Waals surface area (Å²) in [7, 11) is 0. The molecule has 1 aliphatic heterocycles. The Labute approximate surface area is 158 Å². The van der Waals surface area contributed by atoms with Crippen molar-refractivity contribution in [2.24, 2.45) is 0 Å². The normalized spacial score (nSPS) is 12.9. The van der Waals surface area contributed by atoms with Crippen molar-refractivity contribution in [2.45, 2.75) is 6.54 Å². The molecule has 3 aromatic rings. The number of carbonyl (C=O) groups is 1. The molecule has 0 bridgehead atoms. The first-order valence-corrected chi connectivity index (χ1v) is 8.53. The number of aromatic nitrogens is 2. The fourth-order valence-corrected chi connectivity index (χ4v) is 2.85. The molecule has 1 aliphatic rings. The summed E-state index contributed by atoms with van der Waals surface area (Å²) in [4.78, 5) is 40.1. The van der Waals surface area contributed by atoms with E-state index in [4.69, 9.17) is 14.2 Å². The van der Waals surface area contributed by atoms with E-state index in [1.54, 1.807) is 0 Å². The van der Waals surface area contributed by atoms with Gasteiger partial charge in [-0.15, -0.1) is 0 Å². The molecule has 142 valence electrons. The summed E-state index contributed by atoms with van der Waals surface area (Å²) in [5.74, 6) is -0.206. The van der Waals surface area contributed by atoms with E-state index in [9.17, 15) is 14.4 Å². The minimum absolute atomic E-state index is 0.0687. The van der Waals surface area contributed by atoms with Crippen molar-refractivity contribution in [3.8, 4) is 0 Å². The Hall–Kier alpha value is -3.81. The zero-order chi connectivity index (χ0) is 19.5. The van der Waals surface area contributed by atoms with E-state index in [1.807, 2.05) is 30.3 Å². The molecular weight excluding hydrogens is 364 g/mol. The lowest BCUT2D eigenvalue weighted by molar-refractivity contribution is 0.0388. The maximum Gasteiger partial charge on any atom is 0.338 e. The average Bonchev–Trinajstić information content (AvgIpc) is 3.23. The molecular formula is C20H16N2O6. The van der Waals surface area contributed by atoms with Crippen molar-refractivity contribution in [2.75, 3.05) is 13.4 Å². The third kappa shape index (κ3) is 3.52. The molecule has 0 atom stereocenters. The fourth-order valence-electron chi connectivity index (χ4n) is 2.85. The number of benzene rings is 2. The molecule has 0 fully saturated rings. The third-order valence-electron chi connectivity index (χ3n) is 4.27. The van der Waals surface area contributed by atoms with Gasteiger partial charge in [0.25, 0.3) is 5.56 Å². The van der Waals surface area contributed by atoms with E-state index in [0.29, 0.717) is 11.3 Å². The maximum absolute atomic E-state index is 12.8. The molecule has 2 aromatic carbocycles. The van der Waals surface area contributed by atoms with Gasteiger partial charge in [-0.3, -0.25) is 9.36 Å². The SMILES string of the molecule is O=C(OCC1=COCO1)c1ccc2[nH]c(=O)n(Cc3ccccc3)c(=O)c2c1. The molecule has 2 heterocycles. The number of rotatable bonds is 5. The van der Waals surface area contributed by atoms with Gasteiger partial charge in [-0.25, -0.2) is 9.59 Å². The lowest BCUT2D eigenvalue weighted by Gasteiger charge is -2.08. The number of nitrogens with zero attached hydrogens (tertiary/aromatic N) is 1. The predicted molar refractivity (Wildman–Crippen MR) is 99.8 cm³/mol. The molecule has 1 aromatic heterocycles. The van der Waals surface area contributed by atoms with E-state index in [2.05, 4.69) is 4.98 Å². The van der Waals surface area contributed by atoms with Gasteiger partial charge < -0.3 is 19.2 Å². The van der Waals surface area contributed by atoms with Crippen LogP contribution in [0.3, 0.4) is 0 Å². The van der Waals surface area contributed by atoms with Crippen molar-refractivity contribution in [1.82, 2.24) is 9.55 Å². The number of nitrogens with one attached hydrogen (secondary N) is 1. The van der Waals surface area contributed by atoms with Crippen LogP contribution in [-0.4, -0.2) is 28.9 Å². The van der Waals surface area contributed by atoms with Gasteiger partial charge >= 0.3 is 11.7 Å². The van der Waals surface area contributed by atoms with Gasteiger partial charge in [0.05, 0.1) is 23.0 Å². The lowest BCUT2D eigenvalue weighted by Crippen LogP contribution is -2.35. The quantitative estimate of drug-likeness (QED) is 0.677. The average molecular weight is 380 g/mol. The van der Waals surface area contributed by atoms with Gasteiger partial charge in [-0.2, -0.15) is 0 Å². The van der Waals surface area contributed by atoms with Crippen LogP contribution < -0.4 is 11.2 Å². The van der Waals surface area contributed by atoms with Crippen molar-refractivity contribution in [3.63, 3.8) is 0 Å². The molecule has 1 N–H and O–H groups in total.